The summed E-state index contributed by atoms with van der Waals surface area (Å²) in [6.45, 7) is 42.4. The molecule has 3 aliphatic heterocycles. The van der Waals surface area contributed by atoms with E-state index in [-0.39, 0.29) is 50.2 Å². The maximum atomic E-state index is 2.92. The summed E-state index contributed by atoms with van der Waals surface area (Å²) in [6.07, 6.45) is 11.8. The van der Waals surface area contributed by atoms with Crippen molar-refractivity contribution in [2.45, 2.75) is 225 Å². The summed E-state index contributed by atoms with van der Waals surface area (Å²) < 4.78 is 0. The van der Waals surface area contributed by atoms with Gasteiger partial charge in [-0.25, -0.2) is 0 Å². The van der Waals surface area contributed by atoms with Crippen molar-refractivity contribution in [1.29, 1.82) is 0 Å². The Morgan fingerprint density at radius 3 is 1.41 bits per heavy atom. The van der Waals surface area contributed by atoms with Crippen molar-refractivity contribution in [2.24, 2.45) is 0 Å². The summed E-state index contributed by atoms with van der Waals surface area (Å²) in [5.74, 6) is 0. The Morgan fingerprint density at radius 2 is 0.862 bits per heavy atom. The second kappa shape index (κ2) is 18.7. The smallest absolute Gasteiger partial charge is 0.252 e. The highest BCUT2D eigenvalue weighted by Gasteiger charge is 2.62. The van der Waals surface area contributed by atoms with Gasteiger partial charge in [0.1, 0.15) is 0 Å². The van der Waals surface area contributed by atoms with Gasteiger partial charge in [-0.1, -0.05) is 188 Å². The molecule has 0 bridgehead atoms. The molecule has 0 radical (unpaired) electrons. The molecule has 0 saturated heterocycles. The molecule has 444 valence electrons. The molecule has 4 aliphatic carbocycles. The third-order valence-corrected chi connectivity index (χ3v) is 24.6. The first-order valence-corrected chi connectivity index (χ1v) is 33.5. The maximum Gasteiger partial charge on any atom is 0.252 e. The van der Waals surface area contributed by atoms with Crippen LogP contribution in [0.1, 0.15) is 217 Å². The quantitative estimate of drug-likeness (QED) is 0.154. The van der Waals surface area contributed by atoms with Gasteiger partial charge in [0, 0.05) is 50.8 Å². The number of fused-ring (bicyclic) bond motifs is 10. The zero-order chi connectivity index (χ0) is 61.1. The average molecular weight is 1140 g/mol. The van der Waals surface area contributed by atoms with Crippen molar-refractivity contribution >= 4 is 68.6 Å². The van der Waals surface area contributed by atoms with Crippen molar-refractivity contribution < 1.29 is 0 Å². The van der Waals surface area contributed by atoms with Crippen LogP contribution in [0.5, 0.6) is 0 Å². The summed E-state index contributed by atoms with van der Waals surface area (Å²) in [7, 11) is 0. The predicted octanol–water partition coefficient (Wildman–Crippen LogP) is 20.8. The minimum Gasteiger partial charge on any atom is -0.335 e. The molecule has 0 aromatic heterocycles. The molecule has 2 unspecified atom stereocenters. The van der Waals surface area contributed by atoms with Gasteiger partial charge in [0.15, 0.2) is 0 Å². The highest BCUT2D eigenvalue weighted by molar-refractivity contribution is 7.00. The van der Waals surface area contributed by atoms with E-state index in [1.807, 2.05) is 0 Å². The maximum absolute atomic E-state index is 2.92. The summed E-state index contributed by atoms with van der Waals surface area (Å²) in [6, 6.07) is 56.8. The Morgan fingerprint density at radius 1 is 0.379 bits per heavy atom. The van der Waals surface area contributed by atoms with E-state index in [1.165, 1.54) is 172 Å². The molecule has 8 aromatic carbocycles. The normalized spacial score (nSPS) is 23.1. The van der Waals surface area contributed by atoms with Crippen LogP contribution in [0, 0.1) is 20.8 Å². The molecule has 3 nitrogen and oxygen atoms in total. The van der Waals surface area contributed by atoms with Crippen molar-refractivity contribution in [3.8, 4) is 22.3 Å². The van der Waals surface area contributed by atoms with Crippen molar-refractivity contribution in [2.75, 3.05) is 14.7 Å². The Hall–Kier alpha value is -6.78. The number of rotatable bonds is 6. The van der Waals surface area contributed by atoms with Crippen LogP contribution in [-0.2, 0) is 37.9 Å². The van der Waals surface area contributed by atoms with Crippen LogP contribution in [0.3, 0.4) is 0 Å². The largest absolute Gasteiger partial charge is 0.335 e. The Bertz CT molecular complexity index is 4120. The van der Waals surface area contributed by atoms with Crippen molar-refractivity contribution in [3.05, 3.63) is 195 Å². The molecule has 1 fully saturated rings. The van der Waals surface area contributed by atoms with E-state index in [9.17, 15) is 0 Å². The van der Waals surface area contributed by atoms with E-state index in [0.717, 1.165) is 32.1 Å². The first-order chi connectivity index (χ1) is 41.1. The fraction of sp³-hybridized carbons (Fsp3) is 0.422. The van der Waals surface area contributed by atoms with Crippen LogP contribution in [-0.4, -0.2) is 12.3 Å². The summed E-state index contributed by atoms with van der Waals surface area (Å²) in [5.41, 5.74) is 34.5. The van der Waals surface area contributed by atoms with Crippen LogP contribution < -0.4 is 31.1 Å². The van der Waals surface area contributed by atoms with Crippen LogP contribution in [0.15, 0.2) is 140 Å². The highest BCUT2D eigenvalue weighted by Crippen LogP contribution is 2.63. The van der Waals surface area contributed by atoms with Gasteiger partial charge < -0.3 is 14.7 Å². The van der Waals surface area contributed by atoms with E-state index >= 15 is 0 Å². The second-order valence-corrected chi connectivity index (χ2v) is 33.0. The van der Waals surface area contributed by atoms with Gasteiger partial charge in [0.25, 0.3) is 6.71 Å². The topological polar surface area (TPSA) is 9.72 Å². The minimum atomic E-state index is -0.108. The number of hydrogen-bond donors (Lipinski definition) is 0. The Kier molecular flexibility index (Phi) is 12.2. The van der Waals surface area contributed by atoms with Crippen molar-refractivity contribution in [1.82, 2.24) is 0 Å². The minimum absolute atomic E-state index is 0.0134. The van der Waals surface area contributed by atoms with E-state index < -0.39 is 0 Å². The number of anilines is 8. The summed E-state index contributed by atoms with van der Waals surface area (Å²) in [5, 5.41) is 0. The molecule has 2 atom stereocenters. The van der Waals surface area contributed by atoms with Gasteiger partial charge in [-0.05, 0) is 255 Å². The zero-order valence-corrected chi connectivity index (χ0v) is 55.8. The number of nitrogens with zero attached hydrogens (tertiary/aromatic N) is 3. The van der Waals surface area contributed by atoms with Gasteiger partial charge >= 0.3 is 0 Å². The lowest BCUT2D eigenvalue weighted by atomic mass is 9.33. The number of hydrogen-bond acceptors (Lipinski definition) is 3. The monoisotopic (exact) mass is 1140 g/mol. The zero-order valence-electron chi connectivity index (χ0n) is 55.8. The molecular weight excluding hydrogens is 1050 g/mol. The lowest BCUT2D eigenvalue weighted by molar-refractivity contribution is 0.195. The van der Waals surface area contributed by atoms with E-state index in [0.29, 0.717) is 0 Å². The van der Waals surface area contributed by atoms with Gasteiger partial charge in [0.2, 0.25) is 0 Å². The number of benzene rings is 8. The second-order valence-electron chi connectivity index (χ2n) is 33.0. The summed E-state index contributed by atoms with van der Waals surface area (Å²) >= 11 is 0. The van der Waals surface area contributed by atoms with Crippen LogP contribution >= 0.6 is 0 Å². The molecule has 0 spiro atoms. The third-order valence-electron chi connectivity index (χ3n) is 24.6. The molecule has 0 amide bonds. The lowest BCUT2D eigenvalue weighted by Gasteiger charge is -2.53. The van der Waals surface area contributed by atoms with Gasteiger partial charge in [-0.2, -0.15) is 0 Å². The van der Waals surface area contributed by atoms with Crippen LogP contribution in [0.2, 0.25) is 0 Å². The molecule has 87 heavy (non-hydrogen) atoms. The molecule has 7 aliphatic rings. The van der Waals surface area contributed by atoms with Gasteiger partial charge in [-0.3, -0.25) is 0 Å². The SMILES string of the molecule is Cc1cc2c3c(c1)N1c4c(cc(-c5ccccc5)cc4C4(C)CCCCC14C)B3c1ccc(N(c3cc4c(cc3C)C(C)(C)CCC4(C)C)c3cc4c(cc3C)C(C)(C)CCC4(C)C)cc1N2c1cc2c(cc1-c1ccccc1)C(C)(C)CCC2(C)C. The first kappa shape index (κ1) is 56.7. The highest BCUT2D eigenvalue weighted by atomic mass is 15.3. The molecule has 0 N–H and O–H groups in total. The fourth-order valence-corrected chi connectivity index (χ4v) is 18.6. The Labute approximate surface area is 523 Å². The van der Waals surface area contributed by atoms with Gasteiger partial charge in [-0.15, -0.1) is 0 Å². The molecule has 1 saturated carbocycles. The molecular formula is C83H94BN3. The van der Waals surface area contributed by atoms with Crippen LogP contribution in [0.4, 0.5) is 45.5 Å². The first-order valence-electron chi connectivity index (χ1n) is 33.5. The molecule has 8 aromatic rings. The molecule has 4 heteroatoms. The van der Waals surface area contributed by atoms with Crippen LogP contribution in [0.25, 0.3) is 22.3 Å². The van der Waals surface area contributed by atoms with Crippen molar-refractivity contribution in [3.63, 3.8) is 0 Å². The third kappa shape index (κ3) is 8.12. The van der Waals surface area contributed by atoms with E-state index in [4.69, 9.17) is 0 Å². The lowest BCUT2D eigenvalue weighted by Crippen LogP contribution is -2.64. The predicted molar refractivity (Wildman–Crippen MR) is 374 cm³/mol. The molecule has 15 rings (SSSR count). The summed E-state index contributed by atoms with van der Waals surface area (Å²) in [4.78, 5) is 8.46. The van der Waals surface area contributed by atoms with Gasteiger partial charge in [0.05, 0.1) is 11.2 Å². The number of aryl methyl sites for hydroxylation is 3. The standard InChI is InChI=1S/C83H94BN3/c1-51-40-72-74-73(41-51)87-75-65(82(16)32-24-25-33-83(82,87)17)44-56(54-26-20-18-21-27-54)45-67(75)84(74)66-31-30-57(46-71(66)86(72)70-50-64-61(78(8,9)36-39-81(64,14)15)47-58(70)55-28-22-19-23-29-55)85(68-48-62-59(42-52(68)2)76(4,5)34-37-79(62,10)11)69-49-63-60(43-53(69)3)77(6,7)35-38-80(63,12)13/h18-23,26-31,40-50H,24-25,32-39H2,1-17H3. The van der Waals surface area contributed by atoms with E-state index in [1.54, 1.807) is 0 Å². The fourth-order valence-electron chi connectivity index (χ4n) is 18.6. The Balaban J connectivity index is 1.08. The molecule has 3 heterocycles. The average Bonchev–Trinajstić information content (AvgIpc) is 1.55. The van der Waals surface area contributed by atoms with E-state index in [2.05, 4.69) is 272 Å².